The molecule has 0 aliphatic rings. The van der Waals surface area contributed by atoms with Gasteiger partial charge in [-0.25, -0.2) is 0 Å². The van der Waals surface area contributed by atoms with Crippen LogP contribution in [0.3, 0.4) is 0 Å². The molecule has 2 heterocycles. The number of hydrogen-bond donors (Lipinski definition) is 0. The lowest BCUT2D eigenvalue weighted by molar-refractivity contribution is 0.377. The van der Waals surface area contributed by atoms with Gasteiger partial charge in [0.05, 0.1) is 24.2 Å². The quantitative estimate of drug-likeness (QED) is 0.722. The van der Waals surface area contributed by atoms with Crippen LogP contribution in [0.5, 0.6) is 5.75 Å². The van der Waals surface area contributed by atoms with Gasteiger partial charge in [0.1, 0.15) is 5.75 Å². The first-order valence-corrected chi connectivity index (χ1v) is 7.36. The summed E-state index contributed by atoms with van der Waals surface area (Å²) in [4.78, 5) is 7.45. The Morgan fingerprint density at radius 1 is 1.24 bits per heavy atom. The molecule has 2 aromatic heterocycles. The molecule has 0 unspecified atom stereocenters. The van der Waals surface area contributed by atoms with Crippen LogP contribution >= 0.6 is 11.3 Å². The Morgan fingerprint density at radius 2 is 2.10 bits per heavy atom. The normalized spacial score (nSPS) is 10.6. The van der Waals surface area contributed by atoms with E-state index in [1.807, 2.05) is 53.7 Å². The number of hydrogen-bond acceptors (Lipinski definition) is 6. The molecule has 0 amide bonds. The summed E-state index contributed by atoms with van der Waals surface area (Å²) >= 11 is 1.59. The third kappa shape index (κ3) is 2.90. The molecular formula is C15H15N3O2S. The average molecular weight is 301 g/mol. The lowest BCUT2D eigenvalue weighted by atomic mass is 10.2. The maximum absolute atomic E-state index is 5.36. The van der Waals surface area contributed by atoms with Gasteiger partial charge in [-0.1, -0.05) is 23.4 Å². The standard InChI is InChI=1S/C15H15N3O2S/c1-18(11-6-3-4-7-12(11)19-2)10-14-16-15(17-20-14)13-8-5-9-21-13/h3-9H,10H2,1-2H3. The third-order valence-corrected chi connectivity index (χ3v) is 3.94. The second-order valence-corrected chi connectivity index (χ2v) is 5.46. The number of ether oxygens (including phenoxy) is 1. The summed E-state index contributed by atoms with van der Waals surface area (Å²) in [5.74, 6) is 2.03. The molecule has 0 N–H and O–H groups in total. The van der Waals surface area contributed by atoms with Gasteiger partial charge in [0.15, 0.2) is 0 Å². The smallest absolute Gasteiger partial charge is 0.246 e. The van der Waals surface area contributed by atoms with E-state index in [-0.39, 0.29) is 0 Å². The Morgan fingerprint density at radius 3 is 2.86 bits per heavy atom. The van der Waals surface area contributed by atoms with Crippen molar-refractivity contribution in [3.63, 3.8) is 0 Å². The second-order valence-electron chi connectivity index (χ2n) is 4.52. The largest absolute Gasteiger partial charge is 0.495 e. The van der Waals surface area contributed by atoms with Gasteiger partial charge in [-0.3, -0.25) is 0 Å². The lowest BCUT2D eigenvalue weighted by Gasteiger charge is -2.19. The molecular weight excluding hydrogens is 286 g/mol. The molecule has 3 rings (SSSR count). The molecule has 0 atom stereocenters. The van der Waals surface area contributed by atoms with Crippen molar-refractivity contribution in [2.75, 3.05) is 19.1 Å². The fourth-order valence-electron chi connectivity index (χ4n) is 2.06. The van der Waals surface area contributed by atoms with Crippen molar-refractivity contribution in [1.82, 2.24) is 10.1 Å². The first-order chi connectivity index (χ1) is 10.3. The molecule has 5 nitrogen and oxygen atoms in total. The maximum Gasteiger partial charge on any atom is 0.246 e. The first kappa shape index (κ1) is 13.6. The molecule has 0 saturated carbocycles. The third-order valence-electron chi connectivity index (χ3n) is 3.08. The molecule has 1 aromatic carbocycles. The van der Waals surface area contributed by atoms with Crippen LogP contribution in [-0.4, -0.2) is 24.3 Å². The number of thiophene rings is 1. The molecule has 6 heteroatoms. The van der Waals surface area contributed by atoms with Crippen LogP contribution < -0.4 is 9.64 Å². The van der Waals surface area contributed by atoms with Crippen LogP contribution in [0, 0.1) is 0 Å². The fourth-order valence-corrected chi connectivity index (χ4v) is 2.71. The minimum atomic E-state index is 0.527. The van der Waals surface area contributed by atoms with Crippen LogP contribution in [0.25, 0.3) is 10.7 Å². The summed E-state index contributed by atoms with van der Waals surface area (Å²) in [5.41, 5.74) is 0.982. The molecule has 0 spiro atoms. The fraction of sp³-hybridized carbons (Fsp3) is 0.200. The van der Waals surface area contributed by atoms with Crippen molar-refractivity contribution in [1.29, 1.82) is 0 Å². The van der Waals surface area contributed by atoms with Crippen LogP contribution in [0.15, 0.2) is 46.3 Å². The SMILES string of the molecule is COc1ccccc1N(C)Cc1nc(-c2cccs2)no1. The zero-order valence-corrected chi connectivity index (χ0v) is 12.6. The Kier molecular flexibility index (Phi) is 3.87. The van der Waals surface area contributed by atoms with Gasteiger partial charge in [-0.2, -0.15) is 4.98 Å². The number of nitrogens with zero attached hydrogens (tertiary/aromatic N) is 3. The molecule has 0 bridgehead atoms. The topological polar surface area (TPSA) is 51.4 Å². The van der Waals surface area contributed by atoms with E-state index in [0.29, 0.717) is 18.3 Å². The minimum absolute atomic E-state index is 0.527. The summed E-state index contributed by atoms with van der Waals surface area (Å²) < 4.78 is 10.7. The Balaban J connectivity index is 1.77. The van der Waals surface area contributed by atoms with Crippen molar-refractivity contribution in [2.24, 2.45) is 0 Å². The number of rotatable bonds is 5. The second kappa shape index (κ2) is 5.97. The van der Waals surface area contributed by atoms with E-state index < -0.39 is 0 Å². The molecule has 0 fully saturated rings. The molecule has 0 radical (unpaired) electrons. The van der Waals surface area contributed by atoms with E-state index in [9.17, 15) is 0 Å². The molecule has 21 heavy (non-hydrogen) atoms. The highest BCUT2D eigenvalue weighted by Crippen LogP contribution is 2.28. The molecule has 0 aliphatic carbocycles. The minimum Gasteiger partial charge on any atom is -0.495 e. The molecule has 0 aliphatic heterocycles. The van der Waals surface area contributed by atoms with E-state index in [1.54, 1.807) is 18.4 Å². The summed E-state index contributed by atoms with van der Waals surface area (Å²) in [6, 6.07) is 11.8. The highest BCUT2D eigenvalue weighted by molar-refractivity contribution is 7.13. The van der Waals surface area contributed by atoms with Gasteiger partial charge < -0.3 is 14.2 Å². The van der Waals surface area contributed by atoms with E-state index >= 15 is 0 Å². The average Bonchev–Trinajstić information content (AvgIpc) is 3.17. The van der Waals surface area contributed by atoms with Crippen molar-refractivity contribution in [3.05, 3.63) is 47.7 Å². The molecule has 108 valence electrons. The van der Waals surface area contributed by atoms with Crippen molar-refractivity contribution in [3.8, 4) is 16.5 Å². The van der Waals surface area contributed by atoms with Crippen molar-refractivity contribution >= 4 is 17.0 Å². The lowest BCUT2D eigenvalue weighted by Crippen LogP contribution is -2.17. The molecule has 3 aromatic rings. The van der Waals surface area contributed by atoms with Gasteiger partial charge in [0.25, 0.3) is 0 Å². The summed E-state index contributed by atoms with van der Waals surface area (Å²) in [6.45, 7) is 0.527. The summed E-state index contributed by atoms with van der Waals surface area (Å²) in [5, 5.41) is 6.01. The Hall–Kier alpha value is -2.34. The van der Waals surface area contributed by atoms with Gasteiger partial charge in [-0.05, 0) is 23.6 Å². The number of methoxy groups -OCH3 is 1. The molecule has 0 saturated heterocycles. The van der Waals surface area contributed by atoms with Crippen LogP contribution in [0.1, 0.15) is 5.89 Å². The number of benzene rings is 1. The predicted molar refractivity (Wildman–Crippen MR) is 82.7 cm³/mol. The van der Waals surface area contributed by atoms with E-state index in [2.05, 4.69) is 10.1 Å². The predicted octanol–water partition coefficient (Wildman–Crippen LogP) is 3.44. The highest BCUT2D eigenvalue weighted by Gasteiger charge is 2.13. The number of para-hydroxylation sites is 2. The monoisotopic (exact) mass is 301 g/mol. The van der Waals surface area contributed by atoms with Crippen LogP contribution in [0.4, 0.5) is 5.69 Å². The first-order valence-electron chi connectivity index (χ1n) is 6.48. The Labute approximate surface area is 126 Å². The van der Waals surface area contributed by atoms with Crippen LogP contribution in [-0.2, 0) is 6.54 Å². The van der Waals surface area contributed by atoms with Gasteiger partial charge in [0, 0.05) is 7.05 Å². The van der Waals surface area contributed by atoms with Crippen molar-refractivity contribution in [2.45, 2.75) is 6.54 Å². The summed E-state index contributed by atoms with van der Waals surface area (Å²) in [7, 11) is 3.63. The van der Waals surface area contributed by atoms with Gasteiger partial charge in [-0.15, -0.1) is 11.3 Å². The Bertz CT molecular complexity index is 709. The maximum atomic E-state index is 5.36. The van der Waals surface area contributed by atoms with Crippen LogP contribution in [0.2, 0.25) is 0 Å². The van der Waals surface area contributed by atoms with Gasteiger partial charge >= 0.3 is 0 Å². The zero-order chi connectivity index (χ0) is 14.7. The number of anilines is 1. The van der Waals surface area contributed by atoms with E-state index in [1.165, 1.54) is 0 Å². The van der Waals surface area contributed by atoms with Gasteiger partial charge in [0.2, 0.25) is 11.7 Å². The number of aromatic nitrogens is 2. The van der Waals surface area contributed by atoms with Crippen molar-refractivity contribution < 1.29 is 9.26 Å². The summed E-state index contributed by atoms with van der Waals surface area (Å²) in [6.07, 6.45) is 0. The highest BCUT2D eigenvalue weighted by atomic mass is 32.1. The zero-order valence-electron chi connectivity index (χ0n) is 11.8. The van der Waals surface area contributed by atoms with E-state index in [0.717, 1.165) is 16.3 Å². The van der Waals surface area contributed by atoms with E-state index in [4.69, 9.17) is 9.26 Å².